The lowest BCUT2D eigenvalue weighted by molar-refractivity contribution is -0.132. The van der Waals surface area contributed by atoms with Crippen LogP contribution in [0, 0.1) is 5.92 Å². The van der Waals surface area contributed by atoms with Gasteiger partial charge in [-0.25, -0.2) is 0 Å². The number of rotatable bonds is 7. The van der Waals surface area contributed by atoms with Crippen LogP contribution >= 0.6 is 28.3 Å². The molecule has 0 saturated carbocycles. The van der Waals surface area contributed by atoms with Crippen molar-refractivity contribution in [2.24, 2.45) is 5.92 Å². The van der Waals surface area contributed by atoms with Gasteiger partial charge in [-0.1, -0.05) is 6.07 Å². The van der Waals surface area contributed by atoms with Crippen LogP contribution in [0.4, 0.5) is 0 Å². The summed E-state index contributed by atoms with van der Waals surface area (Å²) in [5.74, 6) is 1.87. The maximum Gasteiger partial charge on any atom is 0.222 e. The van der Waals surface area contributed by atoms with Gasteiger partial charge in [0.25, 0.3) is 0 Å². The van der Waals surface area contributed by atoms with E-state index in [2.05, 4.69) is 21.2 Å². The minimum atomic E-state index is 0. The van der Waals surface area contributed by atoms with Crippen molar-refractivity contribution in [3.63, 3.8) is 0 Å². The smallest absolute Gasteiger partial charge is 0.222 e. The van der Waals surface area contributed by atoms with Crippen molar-refractivity contribution in [2.45, 2.75) is 32.1 Å². The maximum absolute atomic E-state index is 12.4. The van der Waals surface area contributed by atoms with Crippen molar-refractivity contribution in [1.29, 1.82) is 0 Å². The van der Waals surface area contributed by atoms with Gasteiger partial charge in [-0.15, -0.1) is 12.4 Å². The zero-order valence-corrected chi connectivity index (χ0v) is 16.9. The summed E-state index contributed by atoms with van der Waals surface area (Å²) >= 11 is 3.49. The molecule has 1 fully saturated rings. The normalized spacial score (nSPS) is 15.0. The third-order valence-electron chi connectivity index (χ3n) is 4.61. The van der Waals surface area contributed by atoms with Gasteiger partial charge in [-0.2, -0.15) is 0 Å². The lowest BCUT2D eigenvalue weighted by Crippen LogP contribution is -2.39. The van der Waals surface area contributed by atoms with Crippen molar-refractivity contribution in [1.82, 2.24) is 10.2 Å². The molecule has 0 aromatic heterocycles. The number of nitrogens with one attached hydrogen (secondary N) is 1. The van der Waals surface area contributed by atoms with Crippen molar-refractivity contribution in [2.75, 3.05) is 33.8 Å². The highest BCUT2D eigenvalue weighted by molar-refractivity contribution is 9.10. The van der Waals surface area contributed by atoms with Crippen LogP contribution in [-0.2, 0) is 11.2 Å². The number of benzene rings is 1. The lowest BCUT2D eigenvalue weighted by Gasteiger charge is -2.32. The third-order valence-corrected chi connectivity index (χ3v) is 5.23. The molecule has 1 aliphatic heterocycles. The molecule has 1 N–H and O–H groups in total. The second-order valence-electron chi connectivity index (χ2n) is 6.19. The summed E-state index contributed by atoms with van der Waals surface area (Å²) < 4.78 is 6.17. The van der Waals surface area contributed by atoms with Crippen LogP contribution < -0.4 is 10.1 Å². The van der Waals surface area contributed by atoms with Crippen molar-refractivity contribution < 1.29 is 9.53 Å². The maximum atomic E-state index is 12.4. The minimum absolute atomic E-state index is 0. The molecule has 1 heterocycles. The van der Waals surface area contributed by atoms with E-state index >= 15 is 0 Å². The fraction of sp³-hybridized carbons (Fsp3) is 0.611. The Kier molecular flexibility index (Phi) is 9.71. The van der Waals surface area contributed by atoms with Crippen LogP contribution in [0.25, 0.3) is 0 Å². The van der Waals surface area contributed by atoms with E-state index in [-0.39, 0.29) is 18.3 Å². The van der Waals surface area contributed by atoms with Gasteiger partial charge < -0.3 is 15.0 Å². The van der Waals surface area contributed by atoms with E-state index < -0.39 is 0 Å². The van der Waals surface area contributed by atoms with Gasteiger partial charge in [0.1, 0.15) is 5.75 Å². The fourth-order valence-electron chi connectivity index (χ4n) is 3.09. The number of piperidine rings is 1. The molecule has 6 heteroatoms. The summed E-state index contributed by atoms with van der Waals surface area (Å²) in [7, 11) is 3.65. The van der Waals surface area contributed by atoms with E-state index in [1.807, 2.05) is 30.1 Å². The number of carbonyl (C=O) groups is 1. The van der Waals surface area contributed by atoms with Gasteiger partial charge in [0.15, 0.2) is 0 Å². The number of amides is 1. The number of ether oxygens (including phenoxy) is 1. The van der Waals surface area contributed by atoms with Crippen LogP contribution in [0.15, 0.2) is 22.7 Å². The van der Waals surface area contributed by atoms with Crippen LogP contribution in [0.3, 0.4) is 0 Å². The first-order valence-electron chi connectivity index (χ1n) is 8.38. The molecule has 0 radical (unpaired) electrons. The molecule has 0 spiro atoms. The monoisotopic (exact) mass is 418 g/mol. The molecule has 1 amide bonds. The van der Waals surface area contributed by atoms with Crippen LogP contribution in [-0.4, -0.2) is 44.6 Å². The average Bonchev–Trinajstić information content (AvgIpc) is 2.58. The largest absolute Gasteiger partial charge is 0.496 e. The fourth-order valence-corrected chi connectivity index (χ4v) is 3.68. The summed E-state index contributed by atoms with van der Waals surface area (Å²) in [6.07, 6.45) is 4.86. The van der Waals surface area contributed by atoms with Gasteiger partial charge in [0, 0.05) is 19.5 Å². The molecule has 0 unspecified atom stereocenters. The topological polar surface area (TPSA) is 41.6 Å². The highest BCUT2D eigenvalue weighted by atomic mass is 79.9. The van der Waals surface area contributed by atoms with Crippen molar-refractivity contribution in [3.8, 4) is 5.75 Å². The zero-order chi connectivity index (χ0) is 16.7. The molecule has 2 rings (SSSR count). The Morgan fingerprint density at radius 3 is 2.67 bits per heavy atom. The number of halogens is 2. The SMILES string of the molecule is CNCCC1CCN(C(=O)CCc2ccc(OC)c(Br)c2)CC1.Cl. The molecule has 1 aliphatic rings. The Morgan fingerprint density at radius 1 is 1.38 bits per heavy atom. The summed E-state index contributed by atoms with van der Waals surface area (Å²) in [6.45, 7) is 2.91. The van der Waals surface area contributed by atoms with E-state index in [9.17, 15) is 4.79 Å². The van der Waals surface area contributed by atoms with E-state index in [1.54, 1.807) is 7.11 Å². The quantitative estimate of drug-likeness (QED) is 0.733. The standard InChI is InChI=1S/C18H27BrN2O2.ClH/c1-20-10-7-14-8-11-21(12-9-14)18(22)6-4-15-3-5-17(23-2)16(19)13-15;/h3,5,13-14,20H,4,6-12H2,1-2H3;1H. The van der Waals surface area contributed by atoms with Gasteiger partial charge in [-0.05, 0) is 78.8 Å². The van der Waals surface area contributed by atoms with Gasteiger partial charge >= 0.3 is 0 Å². The Bertz CT molecular complexity index is 520. The second-order valence-corrected chi connectivity index (χ2v) is 7.04. The first-order valence-corrected chi connectivity index (χ1v) is 9.18. The average molecular weight is 420 g/mol. The molecule has 136 valence electrons. The van der Waals surface area contributed by atoms with Crippen LogP contribution in [0.5, 0.6) is 5.75 Å². The van der Waals surface area contributed by atoms with Crippen molar-refractivity contribution >= 4 is 34.2 Å². The van der Waals surface area contributed by atoms with Gasteiger partial charge in [-0.3, -0.25) is 4.79 Å². The minimum Gasteiger partial charge on any atom is -0.496 e. The zero-order valence-electron chi connectivity index (χ0n) is 14.5. The number of methoxy groups -OCH3 is 1. The summed E-state index contributed by atoms with van der Waals surface area (Å²) in [5, 5.41) is 3.21. The highest BCUT2D eigenvalue weighted by Gasteiger charge is 2.22. The molecule has 0 bridgehead atoms. The number of hydrogen-bond acceptors (Lipinski definition) is 3. The van der Waals surface area contributed by atoms with Crippen LogP contribution in [0.2, 0.25) is 0 Å². The molecule has 1 saturated heterocycles. The van der Waals surface area contributed by atoms with E-state index in [1.165, 1.54) is 6.42 Å². The molecule has 1 aromatic carbocycles. The predicted octanol–water partition coefficient (Wildman–Crippen LogP) is 3.66. The molecule has 24 heavy (non-hydrogen) atoms. The molecular weight excluding hydrogens is 392 g/mol. The number of nitrogens with zero attached hydrogens (tertiary/aromatic N) is 1. The highest BCUT2D eigenvalue weighted by Crippen LogP contribution is 2.26. The van der Waals surface area contributed by atoms with Gasteiger partial charge in [0.2, 0.25) is 5.91 Å². The summed E-state index contributed by atoms with van der Waals surface area (Å²) in [5.41, 5.74) is 1.16. The molecule has 0 atom stereocenters. The Balaban J connectivity index is 0.00000288. The number of likely N-dealkylation sites (tertiary alicyclic amines) is 1. The second kappa shape index (κ2) is 11.0. The first-order chi connectivity index (χ1) is 11.1. The Morgan fingerprint density at radius 2 is 2.08 bits per heavy atom. The number of hydrogen-bond donors (Lipinski definition) is 1. The summed E-state index contributed by atoms with van der Waals surface area (Å²) in [4.78, 5) is 14.4. The Hall–Kier alpha value is -0.780. The Labute approximate surface area is 159 Å². The number of carbonyl (C=O) groups excluding carboxylic acids is 1. The number of aryl methyl sites for hydroxylation is 1. The van der Waals surface area contributed by atoms with E-state index in [0.717, 1.165) is 60.6 Å². The lowest BCUT2D eigenvalue weighted by atomic mass is 9.93. The third kappa shape index (κ3) is 6.26. The van der Waals surface area contributed by atoms with Gasteiger partial charge in [0.05, 0.1) is 11.6 Å². The molecular formula is C18H28BrClN2O2. The van der Waals surface area contributed by atoms with Crippen molar-refractivity contribution in [3.05, 3.63) is 28.2 Å². The van der Waals surface area contributed by atoms with E-state index in [4.69, 9.17) is 4.74 Å². The van der Waals surface area contributed by atoms with Crippen LogP contribution in [0.1, 0.15) is 31.2 Å². The van der Waals surface area contributed by atoms with E-state index in [0.29, 0.717) is 6.42 Å². The molecule has 4 nitrogen and oxygen atoms in total. The first kappa shape index (κ1) is 21.3. The predicted molar refractivity (Wildman–Crippen MR) is 104 cm³/mol. The summed E-state index contributed by atoms with van der Waals surface area (Å²) in [6, 6.07) is 6.01. The molecule has 1 aromatic rings. The molecule has 0 aliphatic carbocycles.